The lowest BCUT2D eigenvalue weighted by Gasteiger charge is -2.16. The summed E-state index contributed by atoms with van der Waals surface area (Å²) < 4.78 is 43.5. The van der Waals surface area contributed by atoms with Crippen molar-refractivity contribution >= 4 is 33.2 Å². The van der Waals surface area contributed by atoms with Crippen LogP contribution in [0.15, 0.2) is 41.4 Å². The third-order valence-corrected chi connectivity index (χ3v) is 5.75. The number of ether oxygens (including phenoxy) is 1. The number of aromatic nitrogens is 2. The minimum Gasteiger partial charge on any atom is -0.475 e. The third kappa shape index (κ3) is 5.74. The lowest BCUT2D eigenvalue weighted by atomic mass is 10.1. The standard InChI is InChI=1S/C22H23FN6O3S/c1-12-5-6-16(9-19(12)33(25,30)31)28-22-26-11-18(23)21(29-22)27-17-7-13(2)20(14(3)8-17)32-15(4)10-24/h5-9,11,15H,1-4H3,(H2,25,30,31)(H2,26,27,28,29). The van der Waals surface area contributed by atoms with Gasteiger partial charge in [-0.1, -0.05) is 6.07 Å². The van der Waals surface area contributed by atoms with Crippen LogP contribution in [-0.2, 0) is 10.0 Å². The van der Waals surface area contributed by atoms with Crippen molar-refractivity contribution in [2.75, 3.05) is 10.6 Å². The third-order valence-electron chi connectivity index (χ3n) is 4.69. The van der Waals surface area contributed by atoms with Crippen molar-refractivity contribution in [3.05, 3.63) is 59.0 Å². The van der Waals surface area contributed by atoms with Crippen LogP contribution < -0.4 is 20.5 Å². The maximum atomic E-state index is 14.4. The zero-order valence-corrected chi connectivity index (χ0v) is 19.3. The van der Waals surface area contributed by atoms with Crippen molar-refractivity contribution in [3.63, 3.8) is 0 Å². The molecular formula is C22H23FN6O3S. The molecule has 0 fully saturated rings. The number of hydrogen-bond acceptors (Lipinski definition) is 8. The summed E-state index contributed by atoms with van der Waals surface area (Å²) in [6.07, 6.45) is 0.392. The van der Waals surface area contributed by atoms with E-state index in [0.29, 0.717) is 22.7 Å². The van der Waals surface area contributed by atoms with Gasteiger partial charge in [0.15, 0.2) is 17.7 Å². The number of benzene rings is 2. The minimum atomic E-state index is -3.91. The lowest BCUT2D eigenvalue weighted by Crippen LogP contribution is -2.14. The first-order valence-electron chi connectivity index (χ1n) is 9.85. The Morgan fingerprint density at radius 1 is 1.09 bits per heavy atom. The number of nitrogens with two attached hydrogens (primary N) is 1. The molecule has 0 bridgehead atoms. The van der Waals surface area contributed by atoms with Crippen molar-refractivity contribution in [1.29, 1.82) is 5.26 Å². The van der Waals surface area contributed by atoms with Crippen molar-refractivity contribution in [2.45, 2.75) is 38.7 Å². The molecule has 172 valence electrons. The van der Waals surface area contributed by atoms with Crippen LogP contribution in [0.25, 0.3) is 0 Å². The van der Waals surface area contributed by atoms with Crippen LogP contribution >= 0.6 is 0 Å². The van der Waals surface area contributed by atoms with Crippen LogP contribution in [0, 0.1) is 37.9 Å². The van der Waals surface area contributed by atoms with E-state index in [2.05, 4.69) is 20.6 Å². The Balaban J connectivity index is 1.87. The Bertz CT molecular complexity index is 1330. The molecule has 2 aromatic carbocycles. The van der Waals surface area contributed by atoms with Crippen LogP contribution in [0.4, 0.5) is 27.5 Å². The van der Waals surface area contributed by atoms with Crippen molar-refractivity contribution < 1.29 is 17.5 Å². The summed E-state index contributed by atoms with van der Waals surface area (Å²) >= 11 is 0. The quantitative estimate of drug-likeness (QED) is 0.471. The fraction of sp³-hybridized carbons (Fsp3) is 0.227. The number of sulfonamides is 1. The molecule has 9 nitrogen and oxygen atoms in total. The second kappa shape index (κ2) is 9.40. The number of rotatable bonds is 7. The Morgan fingerprint density at radius 2 is 1.76 bits per heavy atom. The lowest BCUT2D eigenvalue weighted by molar-refractivity contribution is 0.273. The second-order valence-electron chi connectivity index (χ2n) is 7.49. The highest BCUT2D eigenvalue weighted by Crippen LogP contribution is 2.30. The fourth-order valence-electron chi connectivity index (χ4n) is 3.18. The minimum absolute atomic E-state index is 0.0352. The van der Waals surface area contributed by atoms with E-state index in [1.54, 1.807) is 38.1 Å². The first-order chi connectivity index (χ1) is 15.5. The topological polar surface area (TPSA) is 143 Å². The van der Waals surface area contributed by atoms with Crippen LogP contribution in [0.1, 0.15) is 23.6 Å². The number of primary sulfonamides is 1. The maximum Gasteiger partial charge on any atom is 0.238 e. The Kier molecular flexibility index (Phi) is 6.81. The van der Waals surface area contributed by atoms with E-state index in [0.717, 1.165) is 17.3 Å². The second-order valence-corrected chi connectivity index (χ2v) is 9.02. The number of nitrogens with one attached hydrogen (secondary N) is 2. The summed E-state index contributed by atoms with van der Waals surface area (Å²) in [5.74, 6) is -0.114. The molecule has 0 saturated heterocycles. The number of nitrogens with zero attached hydrogens (tertiary/aromatic N) is 3. The monoisotopic (exact) mass is 470 g/mol. The molecule has 11 heteroatoms. The molecule has 0 spiro atoms. The Hall–Kier alpha value is -3.75. The SMILES string of the molecule is Cc1ccc(Nc2ncc(F)c(Nc3cc(C)c(OC(C)C#N)c(C)c3)n2)cc1S(N)(=O)=O. The smallest absolute Gasteiger partial charge is 0.238 e. The number of aryl methyl sites for hydroxylation is 3. The summed E-state index contributed by atoms with van der Waals surface area (Å²) in [7, 11) is -3.91. The van der Waals surface area contributed by atoms with Gasteiger partial charge in [-0.3, -0.25) is 0 Å². The van der Waals surface area contributed by atoms with Gasteiger partial charge in [-0.2, -0.15) is 10.2 Å². The number of hydrogen-bond donors (Lipinski definition) is 3. The molecule has 1 unspecified atom stereocenters. The van der Waals surface area contributed by atoms with Gasteiger partial charge in [0.25, 0.3) is 0 Å². The van der Waals surface area contributed by atoms with Gasteiger partial charge in [0.2, 0.25) is 16.0 Å². The molecule has 0 saturated carbocycles. The summed E-state index contributed by atoms with van der Waals surface area (Å²) in [4.78, 5) is 8.03. The fourth-order valence-corrected chi connectivity index (χ4v) is 3.98. The van der Waals surface area contributed by atoms with Crippen molar-refractivity contribution in [2.24, 2.45) is 5.14 Å². The molecule has 1 heterocycles. The largest absolute Gasteiger partial charge is 0.475 e. The van der Waals surface area contributed by atoms with E-state index in [1.165, 1.54) is 6.07 Å². The van der Waals surface area contributed by atoms with E-state index in [4.69, 9.17) is 15.1 Å². The first-order valence-corrected chi connectivity index (χ1v) is 11.4. The van der Waals surface area contributed by atoms with Crippen LogP contribution in [-0.4, -0.2) is 24.5 Å². The van der Waals surface area contributed by atoms with Gasteiger partial charge in [-0.05, 0) is 68.7 Å². The van der Waals surface area contributed by atoms with Gasteiger partial charge < -0.3 is 15.4 Å². The van der Waals surface area contributed by atoms with Crippen LogP contribution in [0.2, 0.25) is 0 Å². The average molecular weight is 471 g/mol. The summed E-state index contributed by atoms with van der Waals surface area (Å²) in [5.41, 5.74) is 2.97. The highest BCUT2D eigenvalue weighted by Gasteiger charge is 2.15. The number of halogens is 1. The van der Waals surface area contributed by atoms with E-state index in [9.17, 15) is 12.8 Å². The highest BCUT2D eigenvalue weighted by atomic mass is 32.2. The molecule has 0 radical (unpaired) electrons. The van der Waals surface area contributed by atoms with E-state index >= 15 is 0 Å². The highest BCUT2D eigenvalue weighted by molar-refractivity contribution is 7.89. The molecular weight excluding hydrogens is 447 g/mol. The van der Waals surface area contributed by atoms with Crippen molar-refractivity contribution in [3.8, 4) is 11.8 Å². The first kappa shape index (κ1) is 23.9. The van der Waals surface area contributed by atoms with Gasteiger partial charge in [-0.25, -0.2) is 22.9 Å². The molecule has 4 N–H and O–H groups in total. The average Bonchev–Trinajstić information content (AvgIpc) is 2.73. The van der Waals surface area contributed by atoms with Gasteiger partial charge >= 0.3 is 0 Å². The normalized spacial score (nSPS) is 12.0. The molecule has 3 aromatic rings. The van der Waals surface area contributed by atoms with Gasteiger partial charge in [0.1, 0.15) is 11.8 Å². The number of nitriles is 1. The van der Waals surface area contributed by atoms with Crippen LogP contribution in [0.5, 0.6) is 5.75 Å². The predicted octanol–water partition coefficient (Wildman–Crippen LogP) is 3.97. The Morgan fingerprint density at radius 3 is 2.36 bits per heavy atom. The van der Waals surface area contributed by atoms with Gasteiger partial charge in [0, 0.05) is 11.4 Å². The summed E-state index contributed by atoms with van der Waals surface area (Å²) in [5, 5.41) is 20.0. The van der Waals surface area contributed by atoms with E-state index < -0.39 is 21.9 Å². The zero-order valence-electron chi connectivity index (χ0n) is 18.5. The molecule has 0 aliphatic heterocycles. The van der Waals surface area contributed by atoms with E-state index in [1.807, 2.05) is 19.9 Å². The summed E-state index contributed by atoms with van der Waals surface area (Å²) in [6.45, 7) is 6.92. The zero-order chi connectivity index (χ0) is 24.3. The molecule has 3 rings (SSSR count). The number of anilines is 4. The van der Waals surface area contributed by atoms with Gasteiger partial charge in [0.05, 0.1) is 11.1 Å². The molecule has 1 atom stereocenters. The predicted molar refractivity (Wildman–Crippen MR) is 123 cm³/mol. The molecule has 33 heavy (non-hydrogen) atoms. The van der Waals surface area contributed by atoms with E-state index in [-0.39, 0.29) is 16.7 Å². The molecule has 0 amide bonds. The molecule has 1 aromatic heterocycles. The molecule has 0 aliphatic carbocycles. The molecule has 0 aliphatic rings. The maximum absolute atomic E-state index is 14.4. The summed E-state index contributed by atoms with van der Waals surface area (Å²) in [6, 6.07) is 10.1. The van der Waals surface area contributed by atoms with Crippen LogP contribution in [0.3, 0.4) is 0 Å². The van der Waals surface area contributed by atoms with Crippen molar-refractivity contribution in [1.82, 2.24) is 9.97 Å². The Labute approximate surface area is 191 Å². The van der Waals surface area contributed by atoms with Gasteiger partial charge in [-0.15, -0.1) is 0 Å².